The molecule has 118 valence electrons. The molecule has 1 amide bonds. The lowest BCUT2D eigenvalue weighted by molar-refractivity contribution is -0.122. The van der Waals surface area contributed by atoms with Crippen molar-refractivity contribution >= 4 is 11.6 Å². The fourth-order valence-corrected chi connectivity index (χ4v) is 1.98. The highest BCUT2D eigenvalue weighted by molar-refractivity contribution is 5.77. The zero-order valence-corrected chi connectivity index (χ0v) is 12.7. The van der Waals surface area contributed by atoms with Crippen molar-refractivity contribution in [2.75, 3.05) is 39.0 Å². The Labute approximate surface area is 125 Å². The average molecular weight is 295 g/mol. The SMILES string of the molecule is CCCN(CC(=O)NC)CC(O)COc1cccc(N)c1. The van der Waals surface area contributed by atoms with Crippen LogP contribution < -0.4 is 15.8 Å². The van der Waals surface area contributed by atoms with Crippen LogP contribution in [0.4, 0.5) is 5.69 Å². The molecule has 21 heavy (non-hydrogen) atoms. The molecule has 0 saturated carbocycles. The molecule has 0 radical (unpaired) electrons. The lowest BCUT2D eigenvalue weighted by atomic mass is 10.3. The van der Waals surface area contributed by atoms with Crippen molar-refractivity contribution in [3.63, 3.8) is 0 Å². The summed E-state index contributed by atoms with van der Waals surface area (Å²) in [6.45, 7) is 3.62. The number of amides is 1. The Hall–Kier alpha value is -1.79. The number of hydrogen-bond acceptors (Lipinski definition) is 5. The first-order valence-corrected chi connectivity index (χ1v) is 7.14. The van der Waals surface area contributed by atoms with E-state index in [9.17, 15) is 9.90 Å². The molecule has 0 bridgehead atoms. The highest BCUT2D eigenvalue weighted by Gasteiger charge is 2.14. The zero-order chi connectivity index (χ0) is 15.7. The van der Waals surface area contributed by atoms with Gasteiger partial charge >= 0.3 is 0 Å². The molecule has 0 aliphatic rings. The highest BCUT2D eigenvalue weighted by Crippen LogP contribution is 2.14. The highest BCUT2D eigenvalue weighted by atomic mass is 16.5. The summed E-state index contributed by atoms with van der Waals surface area (Å²) in [5.74, 6) is 0.565. The third-order valence-electron chi connectivity index (χ3n) is 2.96. The summed E-state index contributed by atoms with van der Waals surface area (Å²) in [7, 11) is 1.60. The Kier molecular flexibility index (Phi) is 7.56. The number of carbonyl (C=O) groups excluding carboxylic acids is 1. The van der Waals surface area contributed by atoms with E-state index in [1.54, 1.807) is 31.3 Å². The minimum absolute atomic E-state index is 0.0626. The smallest absolute Gasteiger partial charge is 0.233 e. The number of rotatable bonds is 9. The summed E-state index contributed by atoms with van der Waals surface area (Å²) < 4.78 is 5.50. The van der Waals surface area contributed by atoms with Crippen molar-refractivity contribution in [1.82, 2.24) is 10.2 Å². The van der Waals surface area contributed by atoms with Crippen LogP contribution >= 0.6 is 0 Å². The third kappa shape index (κ3) is 6.97. The maximum atomic E-state index is 11.4. The molecular formula is C15H25N3O3. The lowest BCUT2D eigenvalue weighted by Crippen LogP contribution is -2.41. The molecule has 0 spiro atoms. The van der Waals surface area contributed by atoms with Crippen LogP contribution in [0.25, 0.3) is 0 Å². The maximum absolute atomic E-state index is 11.4. The molecular weight excluding hydrogens is 270 g/mol. The predicted molar refractivity (Wildman–Crippen MR) is 83.2 cm³/mol. The van der Waals surface area contributed by atoms with Crippen molar-refractivity contribution in [2.45, 2.75) is 19.4 Å². The normalized spacial score (nSPS) is 12.2. The van der Waals surface area contributed by atoms with E-state index in [4.69, 9.17) is 10.5 Å². The van der Waals surface area contributed by atoms with Gasteiger partial charge in [0, 0.05) is 25.3 Å². The summed E-state index contributed by atoms with van der Waals surface area (Å²) in [6, 6.07) is 7.07. The van der Waals surface area contributed by atoms with Crippen molar-refractivity contribution in [3.05, 3.63) is 24.3 Å². The molecule has 0 aliphatic heterocycles. The number of nitrogens with two attached hydrogens (primary N) is 1. The molecule has 6 heteroatoms. The molecule has 1 aromatic carbocycles. The number of aliphatic hydroxyl groups excluding tert-OH is 1. The Balaban J connectivity index is 2.42. The second-order valence-corrected chi connectivity index (χ2v) is 4.95. The number of benzene rings is 1. The van der Waals surface area contributed by atoms with Crippen molar-refractivity contribution < 1.29 is 14.6 Å². The van der Waals surface area contributed by atoms with Crippen molar-refractivity contribution in [1.29, 1.82) is 0 Å². The number of hydrogen-bond donors (Lipinski definition) is 3. The van der Waals surface area contributed by atoms with E-state index in [1.807, 2.05) is 11.8 Å². The largest absolute Gasteiger partial charge is 0.491 e. The number of ether oxygens (including phenoxy) is 1. The summed E-state index contributed by atoms with van der Waals surface area (Å²) in [6.07, 6.45) is 0.252. The van der Waals surface area contributed by atoms with Gasteiger partial charge in [0.2, 0.25) is 5.91 Å². The molecule has 1 atom stereocenters. The van der Waals surface area contributed by atoms with Gasteiger partial charge in [-0.1, -0.05) is 13.0 Å². The molecule has 6 nitrogen and oxygen atoms in total. The molecule has 0 saturated heterocycles. The molecule has 0 heterocycles. The summed E-state index contributed by atoms with van der Waals surface area (Å²) in [4.78, 5) is 13.3. The number of nitrogen functional groups attached to an aromatic ring is 1. The molecule has 0 aromatic heterocycles. The van der Waals surface area contributed by atoms with Gasteiger partial charge in [0.15, 0.2) is 0 Å². The third-order valence-corrected chi connectivity index (χ3v) is 2.96. The van der Waals surface area contributed by atoms with Crippen LogP contribution in [0.2, 0.25) is 0 Å². The summed E-state index contributed by atoms with van der Waals surface area (Å²) in [5.41, 5.74) is 6.28. The fourth-order valence-electron chi connectivity index (χ4n) is 1.98. The number of aliphatic hydroxyl groups is 1. The van der Waals surface area contributed by atoms with Gasteiger partial charge < -0.3 is 20.9 Å². The molecule has 1 aromatic rings. The first-order valence-electron chi connectivity index (χ1n) is 7.14. The van der Waals surface area contributed by atoms with Crippen LogP contribution in [0.15, 0.2) is 24.3 Å². The van der Waals surface area contributed by atoms with Crippen molar-refractivity contribution in [3.8, 4) is 5.75 Å². The van der Waals surface area contributed by atoms with Gasteiger partial charge in [-0.25, -0.2) is 0 Å². The van der Waals surface area contributed by atoms with E-state index in [-0.39, 0.29) is 19.1 Å². The number of likely N-dealkylation sites (N-methyl/N-ethyl adjacent to an activating group) is 1. The zero-order valence-electron chi connectivity index (χ0n) is 12.7. The monoisotopic (exact) mass is 295 g/mol. The van der Waals surface area contributed by atoms with Crippen LogP contribution in [0.1, 0.15) is 13.3 Å². The number of nitrogens with zero attached hydrogens (tertiary/aromatic N) is 1. The van der Waals surface area contributed by atoms with E-state index in [0.717, 1.165) is 13.0 Å². The topological polar surface area (TPSA) is 87.8 Å². The predicted octanol–water partition coefficient (Wildman–Crippen LogP) is 0.467. The van der Waals surface area contributed by atoms with Crippen LogP contribution in [0.5, 0.6) is 5.75 Å². The number of nitrogens with one attached hydrogen (secondary N) is 1. The van der Waals surface area contributed by atoms with Crippen LogP contribution in [-0.4, -0.2) is 55.3 Å². The Bertz CT molecular complexity index is 440. The van der Waals surface area contributed by atoms with E-state index in [0.29, 0.717) is 18.0 Å². The van der Waals surface area contributed by atoms with Gasteiger partial charge in [0.25, 0.3) is 0 Å². The van der Waals surface area contributed by atoms with E-state index < -0.39 is 6.10 Å². The minimum Gasteiger partial charge on any atom is -0.491 e. The van der Waals surface area contributed by atoms with Gasteiger partial charge in [-0.2, -0.15) is 0 Å². The van der Waals surface area contributed by atoms with Gasteiger partial charge in [0.1, 0.15) is 18.5 Å². The molecule has 1 rings (SSSR count). The quantitative estimate of drug-likeness (QED) is 0.576. The van der Waals surface area contributed by atoms with Gasteiger partial charge in [-0.05, 0) is 25.1 Å². The minimum atomic E-state index is -0.664. The van der Waals surface area contributed by atoms with Gasteiger partial charge in [-0.3, -0.25) is 9.69 Å². The second-order valence-electron chi connectivity index (χ2n) is 4.95. The number of carbonyl (C=O) groups is 1. The Morgan fingerprint density at radius 3 is 2.90 bits per heavy atom. The van der Waals surface area contributed by atoms with E-state index >= 15 is 0 Å². The van der Waals surface area contributed by atoms with Crippen LogP contribution in [0, 0.1) is 0 Å². The first kappa shape index (κ1) is 17.3. The Morgan fingerprint density at radius 2 is 2.29 bits per heavy atom. The fraction of sp³-hybridized carbons (Fsp3) is 0.533. The standard InChI is InChI=1S/C15H25N3O3/c1-3-7-18(10-15(20)17-2)9-13(19)11-21-14-6-4-5-12(16)8-14/h4-6,8,13,19H,3,7,9-11,16H2,1-2H3,(H,17,20). The van der Waals surface area contributed by atoms with Gasteiger partial charge in [-0.15, -0.1) is 0 Å². The molecule has 0 fully saturated rings. The lowest BCUT2D eigenvalue weighted by Gasteiger charge is -2.23. The maximum Gasteiger partial charge on any atom is 0.233 e. The molecule has 1 unspecified atom stereocenters. The van der Waals surface area contributed by atoms with E-state index in [1.165, 1.54) is 0 Å². The summed E-state index contributed by atoms with van der Waals surface area (Å²) >= 11 is 0. The van der Waals surface area contributed by atoms with E-state index in [2.05, 4.69) is 5.32 Å². The van der Waals surface area contributed by atoms with Crippen LogP contribution in [-0.2, 0) is 4.79 Å². The summed E-state index contributed by atoms with van der Waals surface area (Å²) in [5, 5.41) is 12.6. The number of anilines is 1. The second kappa shape index (κ2) is 9.20. The molecule has 0 aliphatic carbocycles. The van der Waals surface area contributed by atoms with Crippen LogP contribution in [0.3, 0.4) is 0 Å². The average Bonchev–Trinajstić information content (AvgIpc) is 2.45. The van der Waals surface area contributed by atoms with Crippen molar-refractivity contribution in [2.24, 2.45) is 0 Å². The Morgan fingerprint density at radius 1 is 1.52 bits per heavy atom. The molecule has 4 N–H and O–H groups in total. The van der Waals surface area contributed by atoms with Gasteiger partial charge in [0.05, 0.1) is 6.54 Å². The first-order chi connectivity index (χ1) is 10.0.